The van der Waals surface area contributed by atoms with Crippen molar-refractivity contribution in [1.29, 1.82) is 0 Å². The van der Waals surface area contributed by atoms with Gasteiger partial charge in [0.15, 0.2) is 16.6 Å². The first kappa shape index (κ1) is 19.5. The van der Waals surface area contributed by atoms with Crippen LogP contribution in [0.3, 0.4) is 0 Å². The van der Waals surface area contributed by atoms with E-state index in [0.717, 1.165) is 5.56 Å². The van der Waals surface area contributed by atoms with E-state index in [9.17, 15) is 9.59 Å². The molecule has 0 spiro atoms. The highest BCUT2D eigenvalue weighted by Gasteiger charge is 2.33. The maximum atomic E-state index is 12.7. The topological polar surface area (TPSA) is 77.1 Å². The fourth-order valence-corrected chi connectivity index (χ4v) is 2.86. The summed E-state index contributed by atoms with van der Waals surface area (Å²) >= 11 is 5.05. The van der Waals surface area contributed by atoms with Crippen LogP contribution in [-0.2, 0) is 9.59 Å². The molecule has 1 saturated heterocycles. The number of ether oxygens (including phenoxy) is 3. The van der Waals surface area contributed by atoms with Gasteiger partial charge >= 0.3 is 0 Å². The van der Waals surface area contributed by atoms with Crippen LogP contribution in [0.25, 0.3) is 6.08 Å². The number of aryl methyl sites for hydroxylation is 1. The third-order valence-electron chi connectivity index (χ3n) is 3.86. The van der Waals surface area contributed by atoms with Crippen molar-refractivity contribution in [3.63, 3.8) is 0 Å². The van der Waals surface area contributed by atoms with Gasteiger partial charge < -0.3 is 14.2 Å². The number of rotatable bonds is 6. The van der Waals surface area contributed by atoms with E-state index in [-0.39, 0.29) is 17.2 Å². The molecule has 1 N–H and O–H groups in total. The Kier molecular flexibility index (Phi) is 5.99. The van der Waals surface area contributed by atoms with Crippen LogP contribution in [0.5, 0.6) is 17.2 Å². The third-order valence-corrected chi connectivity index (χ3v) is 4.18. The Labute approximate surface area is 157 Å². The van der Waals surface area contributed by atoms with Crippen molar-refractivity contribution in [2.24, 2.45) is 0 Å². The van der Waals surface area contributed by atoms with Crippen molar-refractivity contribution in [3.8, 4) is 17.2 Å². The Balaban J connectivity index is 2.64. The highest BCUT2D eigenvalue weighted by Crippen LogP contribution is 2.42. The van der Waals surface area contributed by atoms with Gasteiger partial charge in [-0.15, -0.1) is 6.58 Å². The van der Waals surface area contributed by atoms with Crippen LogP contribution in [0.2, 0.25) is 0 Å². The van der Waals surface area contributed by atoms with Crippen LogP contribution in [0.4, 0.5) is 0 Å². The molecule has 0 atom stereocenters. The number of nitrogens with zero attached hydrogens (tertiary/aromatic N) is 1. The lowest BCUT2D eigenvalue weighted by Crippen LogP contribution is -2.53. The van der Waals surface area contributed by atoms with Crippen LogP contribution < -0.4 is 19.5 Å². The summed E-state index contributed by atoms with van der Waals surface area (Å²) in [5.41, 5.74) is 1.22. The molecule has 0 saturated carbocycles. The smallest absolute Gasteiger partial charge is 0.265 e. The van der Waals surface area contributed by atoms with E-state index < -0.39 is 11.8 Å². The van der Waals surface area contributed by atoms with Gasteiger partial charge in [-0.3, -0.25) is 19.8 Å². The summed E-state index contributed by atoms with van der Waals surface area (Å²) in [7, 11) is 4.47. The van der Waals surface area contributed by atoms with E-state index >= 15 is 0 Å². The molecule has 1 heterocycles. The van der Waals surface area contributed by atoms with E-state index in [1.807, 2.05) is 6.92 Å². The Hall–Kier alpha value is -2.87. The third kappa shape index (κ3) is 3.41. The summed E-state index contributed by atoms with van der Waals surface area (Å²) in [5.74, 6) is 0.139. The van der Waals surface area contributed by atoms with Crippen molar-refractivity contribution < 1.29 is 23.8 Å². The van der Waals surface area contributed by atoms with Gasteiger partial charge in [-0.2, -0.15) is 0 Å². The van der Waals surface area contributed by atoms with Crippen LogP contribution in [0, 0.1) is 6.92 Å². The number of thiocarbonyl (C=S) groups is 1. The molecule has 0 unspecified atom stereocenters. The van der Waals surface area contributed by atoms with Crippen LogP contribution >= 0.6 is 12.2 Å². The molecule has 0 bridgehead atoms. The number of amides is 2. The first-order chi connectivity index (χ1) is 12.4. The highest BCUT2D eigenvalue weighted by atomic mass is 32.1. The summed E-state index contributed by atoms with van der Waals surface area (Å²) in [6.45, 7) is 5.60. The summed E-state index contributed by atoms with van der Waals surface area (Å²) in [6.07, 6.45) is 2.99. The zero-order valence-corrected chi connectivity index (χ0v) is 15.9. The van der Waals surface area contributed by atoms with Crippen molar-refractivity contribution >= 4 is 35.2 Å². The second-order valence-corrected chi connectivity index (χ2v) is 5.78. The molecule has 26 heavy (non-hydrogen) atoms. The van der Waals surface area contributed by atoms with Crippen LogP contribution in [-0.4, -0.2) is 49.7 Å². The van der Waals surface area contributed by atoms with Crippen molar-refractivity contribution in [2.45, 2.75) is 6.92 Å². The maximum absolute atomic E-state index is 12.7. The molecule has 0 aromatic heterocycles. The van der Waals surface area contributed by atoms with Crippen molar-refractivity contribution in [3.05, 3.63) is 35.4 Å². The molecule has 2 rings (SSSR count). The molecule has 1 aromatic carbocycles. The van der Waals surface area contributed by atoms with E-state index in [2.05, 4.69) is 11.9 Å². The Morgan fingerprint density at radius 1 is 1.19 bits per heavy atom. The lowest BCUT2D eigenvalue weighted by Gasteiger charge is -2.28. The number of hydrogen-bond donors (Lipinski definition) is 1. The minimum atomic E-state index is -0.573. The van der Waals surface area contributed by atoms with E-state index in [0.29, 0.717) is 22.8 Å². The number of carbonyl (C=O) groups is 2. The standard InChI is InChI=1S/C18H20N2O5S/c1-6-7-20-17(22)12(16(21)19-18(20)26)9-11-10(2)8-13(23-3)15(25-5)14(11)24-4/h6,8-9H,1,7H2,2-5H3,(H,19,21,26)/b12-9+. The summed E-state index contributed by atoms with van der Waals surface area (Å²) in [5, 5.41) is 2.56. The summed E-state index contributed by atoms with van der Waals surface area (Å²) in [4.78, 5) is 26.3. The second-order valence-electron chi connectivity index (χ2n) is 5.40. The van der Waals surface area contributed by atoms with E-state index in [4.69, 9.17) is 26.4 Å². The van der Waals surface area contributed by atoms with Gasteiger partial charge in [-0.1, -0.05) is 6.08 Å². The molecule has 0 aliphatic carbocycles. The number of carbonyl (C=O) groups excluding carboxylic acids is 2. The number of benzene rings is 1. The summed E-state index contributed by atoms with van der Waals surface area (Å²) < 4.78 is 16.1. The predicted octanol–water partition coefficient (Wildman–Crippen LogP) is 1.83. The first-order valence-corrected chi connectivity index (χ1v) is 8.09. The maximum Gasteiger partial charge on any atom is 0.265 e. The lowest BCUT2D eigenvalue weighted by molar-refractivity contribution is -0.128. The summed E-state index contributed by atoms with van der Waals surface area (Å²) in [6, 6.07) is 1.74. The number of methoxy groups -OCH3 is 3. The average Bonchev–Trinajstić information content (AvgIpc) is 2.62. The molecule has 2 amide bonds. The fourth-order valence-electron chi connectivity index (χ4n) is 2.61. The molecule has 0 radical (unpaired) electrons. The molecule has 7 nitrogen and oxygen atoms in total. The van der Waals surface area contributed by atoms with Gasteiger partial charge in [0.25, 0.3) is 11.8 Å². The van der Waals surface area contributed by atoms with Crippen molar-refractivity contribution in [2.75, 3.05) is 27.9 Å². The normalized spacial score (nSPS) is 15.8. The Bertz CT molecular complexity index is 816. The Morgan fingerprint density at radius 3 is 2.38 bits per heavy atom. The molecule has 1 aromatic rings. The lowest BCUT2D eigenvalue weighted by atomic mass is 10.0. The highest BCUT2D eigenvalue weighted by molar-refractivity contribution is 7.80. The molecule has 1 fully saturated rings. The van der Waals surface area contributed by atoms with E-state index in [1.54, 1.807) is 6.07 Å². The van der Waals surface area contributed by atoms with Crippen molar-refractivity contribution in [1.82, 2.24) is 10.2 Å². The average molecular weight is 376 g/mol. The molecular weight excluding hydrogens is 356 g/mol. The van der Waals surface area contributed by atoms with Crippen LogP contribution in [0.15, 0.2) is 24.3 Å². The van der Waals surface area contributed by atoms with E-state index in [1.165, 1.54) is 38.4 Å². The van der Waals surface area contributed by atoms with Gasteiger partial charge in [0.05, 0.1) is 21.3 Å². The number of hydrogen-bond acceptors (Lipinski definition) is 6. The monoisotopic (exact) mass is 376 g/mol. The predicted molar refractivity (Wildman–Crippen MR) is 101 cm³/mol. The van der Waals surface area contributed by atoms with Gasteiger partial charge in [0.2, 0.25) is 5.75 Å². The molecule has 8 heteroatoms. The second kappa shape index (κ2) is 8.01. The van der Waals surface area contributed by atoms with Crippen LogP contribution in [0.1, 0.15) is 11.1 Å². The quantitative estimate of drug-likeness (QED) is 0.353. The Morgan fingerprint density at radius 2 is 1.85 bits per heavy atom. The zero-order chi connectivity index (χ0) is 19.4. The molecule has 1 aliphatic rings. The minimum Gasteiger partial charge on any atom is -0.493 e. The zero-order valence-electron chi connectivity index (χ0n) is 15.0. The first-order valence-electron chi connectivity index (χ1n) is 7.68. The largest absolute Gasteiger partial charge is 0.493 e. The minimum absolute atomic E-state index is 0.0491. The van der Waals surface area contributed by atoms with Gasteiger partial charge in [0, 0.05) is 12.1 Å². The molecule has 138 valence electrons. The van der Waals surface area contributed by atoms with Gasteiger partial charge in [-0.05, 0) is 36.8 Å². The van der Waals surface area contributed by atoms with Gasteiger partial charge in [0.1, 0.15) is 5.57 Å². The fraction of sp³-hybridized carbons (Fsp3) is 0.278. The molecule has 1 aliphatic heterocycles. The SMILES string of the molecule is C=CCN1C(=O)/C(=C/c2c(C)cc(OC)c(OC)c2OC)C(=O)NC1=S. The van der Waals surface area contributed by atoms with Gasteiger partial charge in [-0.25, -0.2) is 0 Å². The molecular formula is C18H20N2O5S. The number of nitrogens with one attached hydrogen (secondary N) is 1.